The van der Waals surface area contributed by atoms with Crippen molar-refractivity contribution in [3.05, 3.63) is 53.2 Å². The molecular formula is C17H20N2O2. The molecule has 1 aliphatic heterocycles. The van der Waals surface area contributed by atoms with Gasteiger partial charge >= 0.3 is 0 Å². The maximum Gasteiger partial charge on any atom is 0.212 e. The summed E-state index contributed by atoms with van der Waals surface area (Å²) in [5, 5.41) is 3.39. The molecule has 0 spiro atoms. The number of methoxy groups -OCH3 is 1. The van der Waals surface area contributed by atoms with Crippen LogP contribution in [0.4, 0.5) is 0 Å². The Morgan fingerprint density at radius 1 is 1.33 bits per heavy atom. The molecule has 1 unspecified atom stereocenters. The summed E-state index contributed by atoms with van der Waals surface area (Å²) in [5.41, 5.74) is 3.78. The topological polar surface area (TPSA) is 43.4 Å². The zero-order chi connectivity index (χ0) is 14.7. The van der Waals surface area contributed by atoms with Gasteiger partial charge in [-0.05, 0) is 36.2 Å². The van der Waals surface area contributed by atoms with Crippen molar-refractivity contribution in [2.45, 2.75) is 18.9 Å². The first-order valence-electron chi connectivity index (χ1n) is 7.22. The van der Waals surface area contributed by atoms with Gasteiger partial charge in [-0.2, -0.15) is 0 Å². The van der Waals surface area contributed by atoms with E-state index in [1.807, 2.05) is 19.3 Å². The first-order valence-corrected chi connectivity index (χ1v) is 7.22. The molecule has 0 amide bonds. The second kappa shape index (κ2) is 6.14. The number of ether oxygens (including phenoxy) is 2. The van der Waals surface area contributed by atoms with Crippen molar-refractivity contribution in [3.63, 3.8) is 0 Å². The Kier molecular flexibility index (Phi) is 4.06. The van der Waals surface area contributed by atoms with E-state index in [0.717, 1.165) is 25.2 Å². The molecule has 4 heteroatoms. The normalized spacial score (nSPS) is 14.4. The number of aromatic nitrogens is 1. The number of benzene rings is 1. The lowest BCUT2D eigenvalue weighted by Crippen LogP contribution is -2.19. The summed E-state index contributed by atoms with van der Waals surface area (Å²) in [5.74, 6) is 1.68. The molecule has 0 saturated heterocycles. The van der Waals surface area contributed by atoms with Gasteiger partial charge in [0.2, 0.25) is 5.88 Å². The van der Waals surface area contributed by atoms with Crippen molar-refractivity contribution < 1.29 is 9.47 Å². The van der Waals surface area contributed by atoms with E-state index in [1.54, 1.807) is 7.11 Å². The average Bonchev–Trinajstić information content (AvgIpc) is 3.00. The van der Waals surface area contributed by atoms with Crippen LogP contribution >= 0.6 is 0 Å². The van der Waals surface area contributed by atoms with Gasteiger partial charge in [0, 0.05) is 24.7 Å². The lowest BCUT2D eigenvalue weighted by atomic mass is 9.97. The van der Waals surface area contributed by atoms with Crippen LogP contribution in [0.25, 0.3) is 0 Å². The summed E-state index contributed by atoms with van der Waals surface area (Å²) in [4.78, 5) is 4.27. The first-order chi connectivity index (χ1) is 10.3. The van der Waals surface area contributed by atoms with Crippen LogP contribution in [0.3, 0.4) is 0 Å². The Balaban J connectivity index is 1.78. The number of nitrogens with zero attached hydrogens (tertiary/aromatic N) is 1. The standard InChI is InChI=1S/C17H20N2O2/c1-18-15(9-12-3-6-17(20-2)19-11-12)13-4-5-16-14(10-13)7-8-21-16/h3-6,10-11,15,18H,7-9H2,1-2H3. The molecule has 1 atom stereocenters. The van der Waals surface area contributed by atoms with E-state index in [-0.39, 0.29) is 6.04 Å². The summed E-state index contributed by atoms with van der Waals surface area (Å²) in [7, 11) is 3.62. The van der Waals surface area contributed by atoms with E-state index in [9.17, 15) is 0 Å². The Bertz CT molecular complexity index is 611. The van der Waals surface area contributed by atoms with E-state index in [1.165, 1.54) is 16.7 Å². The summed E-state index contributed by atoms with van der Waals surface area (Å²) in [6.07, 6.45) is 3.77. The van der Waals surface area contributed by atoms with E-state index in [2.05, 4.69) is 34.6 Å². The molecule has 2 aromatic rings. The first kappa shape index (κ1) is 13.9. The van der Waals surface area contributed by atoms with Gasteiger partial charge in [0.15, 0.2) is 0 Å². The van der Waals surface area contributed by atoms with E-state index >= 15 is 0 Å². The Morgan fingerprint density at radius 2 is 2.24 bits per heavy atom. The molecule has 1 N–H and O–H groups in total. The highest BCUT2D eigenvalue weighted by molar-refractivity contribution is 5.41. The number of hydrogen-bond donors (Lipinski definition) is 1. The van der Waals surface area contributed by atoms with Gasteiger partial charge in [0.05, 0.1) is 13.7 Å². The highest BCUT2D eigenvalue weighted by Crippen LogP contribution is 2.29. The summed E-state index contributed by atoms with van der Waals surface area (Å²) >= 11 is 0. The van der Waals surface area contributed by atoms with E-state index in [0.29, 0.717) is 5.88 Å². The summed E-state index contributed by atoms with van der Waals surface area (Å²) in [6, 6.07) is 10.7. The van der Waals surface area contributed by atoms with Gasteiger partial charge in [0.1, 0.15) is 5.75 Å². The average molecular weight is 284 g/mol. The Hall–Kier alpha value is -2.07. The number of rotatable bonds is 5. The van der Waals surface area contributed by atoms with Crippen molar-refractivity contribution in [1.82, 2.24) is 10.3 Å². The van der Waals surface area contributed by atoms with Crippen molar-refractivity contribution in [3.8, 4) is 11.6 Å². The van der Waals surface area contributed by atoms with Crippen molar-refractivity contribution >= 4 is 0 Å². The monoisotopic (exact) mass is 284 g/mol. The quantitative estimate of drug-likeness (QED) is 0.916. The van der Waals surface area contributed by atoms with Gasteiger partial charge in [-0.1, -0.05) is 18.2 Å². The van der Waals surface area contributed by atoms with Crippen molar-refractivity contribution in [2.75, 3.05) is 20.8 Å². The van der Waals surface area contributed by atoms with Crippen LogP contribution in [0, 0.1) is 0 Å². The Labute approximate surface area is 125 Å². The molecule has 0 bridgehead atoms. The SMILES string of the molecule is CNC(Cc1ccc(OC)nc1)c1ccc2c(c1)CCO2. The van der Waals surface area contributed by atoms with Gasteiger partial charge in [-0.15, -0.1) is 0 Å². The summed E-state index contributed by atoms with van der Waals surface area (Å²) < 4.78 is 10.7. The minimum absolute atomic E-state index is 0.270. The predicted molar refractivity (Wildman–Crippen MR) is 81.9 cm³/mol. The fraction of sp³-hybridized carbons (Fsp3) is 0.353. The summed E-state index contributed by atoms with van der Waals surface area (Å²) in [6.45, 7) is 0.797. The molecule has 0 aliphatic carbocycles. The van der Waals surface area contributed by atoms with E-state index < -0.39 is 0 Å². The largest absolute Gasteiger partial charge is 0.493 e. The molecule has 3 rings (SSSR count). The highest BCUT2D eigenvalue weighted by atomic mass is 16.5. The van der Waals surface area contributed by atoms with Crippen LogP contribution in [-0.2, 0) is 12.8 Å². The molecular weight excluding hydrogens is 264 g/mol. The molecule has 1 aliphatic rings. The van der Waals surface area contributed by atoms with Crippen molar-refractivity contribution in [2.24, 2.45) is 0 Å². The maximum absolute atomic E-state index is 5.57. The molecule has 2 heterocycles. The van der Waals surface area contributed by atoms with Crippen LogP contribution in [0.2, 0.25) is 0 Å². The molecule has 1 aromatic carbocycles. The van der Waals surface area contributed by atoms with Gasteiger partial charge in [-0.25, -0.2) is 4.98 Å². The fourth-order valence-corrected chi connectivity index (χ4v) is 2.70. The number of fused-ring (bicyclic) bond motifs is 1. The lowest BCUT2D eigenvalue weighted by Gasteiger charge is -2.17. The molecule has 110 valence electrons. The molecule has 0 radical (unpaired) electrons. The minimum Gasteiger partial charge on any atom is -0.493 e. The fourth-order valence-electron chi connectivity index (χ4n) is 2.70. The predicted octanol–water partition coefficient (Wildman–Crippen LogP) is 2.53. The molecule has 0 saturated carbocycles. The zero-order valence-electron chi connectivity index (χ0n) is 12.4. The number of hydrogen-bond acceptors (Lipinski definition) is 4. The van der Waals surface area contributed by atoms with Crippen LogP contribution in [0.1, 0.15) is 22.7 Å². The van der Waals surface area contributed by atoms with Gasteiger partial charge in [-0.3, -0.25) is 0 Å². The third-order valence-corrected chi connectivity index (χ3v) is 3.91. The van der Waals surface area contributed by atoms with Crippen LogP contribution < -0.4 is 14.8 Å². The Morgan fingerprint density at radius 3 is 2.95 bits per heavy atom. The minimum atomic E-state index is 0.270. The third-order valence-electron chi connectivity index (χ3n) is 3.91. The number of likely N-dealkylation sites (N-methyl/N-ethyl adjacent to an activating group) is 1. The van der Waals surface area contributed by atoms with Crippen LogP contribution in [0.15, 0.2) is 36.5 Å². The zero-order valence-corrected chi connectivity index (χ0v) is 12.4. The smallest absolute Gasteiger partial charge is 0.212 e. The second-order valence-electron chi connectivity index (χ2n) is 5.22. The highest BCUT2D eigenvalue weighted by Gasteiger charge is 2.16. The van der Waals surface area contributed by atoms with Gasteiger partial charge in [0.25, 0.3) is 0 Å². The second-order valence-corrected chi connectivity index (χ2v) is 5.22. The molecule has 1 aromatic heterocycles. The molecule has 21 heavy (non-hydrogen) atoms. The van der Waals surface area contributed by atoms with Crippen molar-refractivity contribution in [1.29, 1.82) is 0 Å². The lowest BCUT2D eigenvalue weighted by molar-refractivity contribution is 0.356. The van der Waals surface area contributed by atoms with Crippen LogP contribution in [0.5, 0.6) is 11.6 Å². The molecule has 0 fully saturated rings. The third kappa shape index (κ3) is 3.00. The van der Waals surface area contributed by atoms with Crippen LogP contribution in [-0.4, -0.2) is 25.7 Å². The molecule has 4 nitrogen and oxygen atoms in total. The van der Waals surface area contributed by atoms with E-state index in [4.69, 9.17) is 9.47 Å². The maximum atomic E-state index is 5.57. The van der Waals surface area contributed by atoms with Gasteiger partial charge < -0.3 is 14.8 Å². The number of pyridine rings is 1. The number of nitrogens with one attached hydrogen (secondary N) is 1.